The number of nitrogens with zero attached hydrogens (tertiary/aromatic N) is 4. The van der Waals surface area contributed by atoms with E-state index in [0.29, 0.717) is 22.8 Å². The van der Waals surface area contributed by atoms with Crippen molar-refractivity contribution in [3.8, 4) is 22.4 Å². The molecule has 3 heterocycles. The van der Waals surface area contributed by atoms with E-state index in [-0.39, 0.29) is 17.4 Å². The lowest BCUT2D eigenvalue weighted by molar-refractivity contribution is 0.446. The Hall–Kier alpha value is -3.84. The fourth-order valence-corrected chi connectivity index (χ4v) is 4.51. The van der Waals surface area contributed by atoms with Crippen molar-refractivity contribution in [1.82, 2.24) is 19.9 Å². The van der Waals surface area contributed by atoms with E-state index in [2.05, 4.69) is 39.5 Å². The van der Waals surface area contributed by atoms with E-state index in [9.17, 15) is 9.18 Å². The Morgan fingerprint density at radius 2 is 1.74 bits per heavy atom. The number of pyridine rings is 1. The van der Waals surface area contributed by atoms with E-state index in [0.717, 1.165) is 31.6 Å². The summed E-state index contributed by atoms with van der Waals surface area (Å²) in [7, 11) is 1.75. The fourth-order valence-electron chi connectivity index (χ4n) is 4.51. The molecule has 1 N–H and O–H groups in total. The van der Waals surface area contributed by atoms with Crippen molar-refractivity contribution in [2.45, 2.75) is 12.5 Å². The normalized spacial score (nSPS) is 15.9. The highest BCUT2D eigenvalue weighted by Crippen LogP contribution is 2.30. The number of rotatable bonds is 5. The number of hydrogen-bond acceptors (Lipinski definition) is 5. The van der Waals surface area contributed by atoms with Gasteiger partial charge in [0.25, 0.3) is 5.56 Å². The second-order valence-corrected chi connectivity index (χ2v) is 8.53. The van der Waals surface area contributed by atoms with Gasteiger partial charge in [0.15, 0.2) is 0 Å². The molecule has 0 aliphatic carbocycles. The lowest BCUT2D eigenvalue weighted by Gasteiger charge is -2.35. The largest absolute Gasteiger partial charge is 0.339 e. The van der Waals surface area contributed by atoms with Crippen LogP contribution in [0.15, 0.2) is 83.9 Å². The van der Waals surface area contributed by atoms with Gasteiger partial charge in [0.2, 0.25) is 5.95 Å². The third kappa shape index (κ3) is 4.47. The Labute approximate surface area is 197 Å². The maximum absolute atomic E-state index is 13.7. The Bertz CT molecular complexity index is 1320. The summed E-state index contributed by atoms with van der Waals surface area (Å²) in [5, 5.41) is 3.59. The molecule has 34 heavy (non-hydrogen) atoms. The quantitative estimate of drug-likeness (QED) is 0.498. The molecule has 1 aliphatic heterocycles. The van der Waals surface area contributed by atoms with E-state index in [4.69, 9.17) is 4.98 Å². The zero-order chi connectivity index (χ0) is 23.5. The predicted octanol–water partition coefficient (Wildman–Crippen LogP) is 3.67. The van der Waals surface area contributed by atoms with E-state index in [1.54, 1.807) is 36.1 Å². The molecule has 6 nitrogen and oxygen atoms in total. The molecule has 0 spiro atoms. The van der Waals surface area contributed by atoms with Crippen LogP contribution in [0.1, 0.15) is 5.56 Å². The zero-order valence-corrected chi connectivity index (χ0v) is 19.0. The van der Waals surface area contributed by atoms with Gasteiger partial charge in [0.1, 0.15) is 5.82 Å². The van der Waals surface area contributed by atoms with E-state index in [1.165, 1.54) is 17.7 Å². The molecule has 0 radical (unpaired) electrons. The zero-order valence-electron chi connectivity index (χ0n) is 19.0. The standard InChI is InChI=1S/C27H26FN5O/c1-32-26(34)24(20-7-9-22(28)10-8-20)25(21-11-13-29-14-12-21)31-27(32)33-16-15-30-23(18-33)17-19-5-3-2-4-6-19/h2-14,23,30H,15-18H2,1H3. The molecule has 1 saturated heterocycles. The Morgan fingerprint density at radius 3 is 2.47 bits per heavy atom. The molecule has 172 valence electrons. The van der Waals surface area contributed by atoms with E-state index in [1.807, 2.05) is 18.2 Å². The van der Waals surface area contributed by atoms with Gasteiger partial charge in [-0.1, -0.05) is 42.5 Å². The van der Waals surface area contributed by atoms with Crippen molar-refractivity contribution in [2.75, 3.05) is 24.5 Å². The molecule has 1 unspecified atom stereocenters. The molecule has 7 heteroatoms. The van der Waals surface area contributed by atoms with E-state index < -0.39 is 0 Å². The fraction of sp³-hybridized carbons (Fsp3) is 0.222. The van der Waals surface area contributed by atoms with Crippen LogP contribution in [0.2, 0.25) is 0 Å². The van der Waals surface area contributed by atoms with Gasteiger partial charge < -0.3 is 10.2 Å². The molecule has 5 rings (SSSR count). The van der Waals surface area contributed by atoms with Crippen LogP contribution in [0.3, 0.4) is 0 Å². The Morgan fingerprint density at radius 1 is 1.00 bits per heavy atom. The van der Waals surface area contributed by atoms with E-state index >= 15 is 0 Å². The summed E-state index contributed by atoms with van der Waals surface area (Å²) < 4.78 is 15.2. The second kappa shape index (κ2) is 9.57. The molecule has 0 bridgehead atoms. The maximum Gasteiger partial charge on any atom is 0.263 e. The van der Waals surface area contributed by atoms with Crippen molar-refractivity contribution in [3.05, 3.63) is 101 Å². The number of benzene rings is 2. The molecular weight excluding hydrogens is 429 g/mol. The van der Waals surface area contributed by atoms with Crippen LogP contribution in [0.25, 0.3) is 22.4 Å². The van der Waals surface area contributed by atoms with Crippen molar-refractivity contribution in [2.24, 2.45) is 7.05 Å². The van der Waals surface area contributed by atoms with Crippen LogP contribution in [-0.2, 0) is 13.5 Å². The highest BCUT2D eigenvalue weighted by Gasteiger charge is 2.25. The van der Waals surface area contributed by atoms with Gasteiger partial charge in [-0.2, -0.15) is 0 Å². The third-order valence-electron chi connectivity index (χ3n) is 6.22. The highest BCUT2D eigenvalue weighted by atomic mass is 19.1. The Kier molecular flexibility index (Phi) is 6.18. The number of piperazine rings is 1. The number of hydrogen-bond donors (Lipinski definition) is 1. The SMILES string of the molecule is Cn1c(N2CCNC(Cc3ccccc3)C2)nc(-c2ccncc2)c(-c2ccc(F)cc2)c1=O. The lowest BCUT2D eigenvalue weighted by Crippen LogP contribution is -2.53. The third-order valence-corrected chi connectivity index (χ3v) is 6.22. The van der Waals surface area contributed by atoms with Gasteiger partial charge >= 0.3 is 0 Å². The Balaban J connectivity index is 1.56. The number of halogens is 1. The predicted molar refractivity (Wildman–Crippen MR) is 132 cm³/mol. The van der Waals surface area contributed by atoms with Crippen molar-refractivity contribution in [1.29, 1.82) is 0 Å². The van der Waals surface area contributed by atoms with Crippen LogP contribution in [0.4, 0.5) is 10.3 Å². The minimum absolute atomic E-state index is 0.165. The molecule has 0 amide bonds. The van der Waals surface area contributed by atoms with Gasteiger partial charge in [-0.25, -0.2) is 9.37 Å². The maximum atomic E-state index is 13.7. The minimum Gasteiger partial charge on any atom is -0.339 e. The monoisotopic (exact) mass is 455 g/mol. The van der Waals surface area contributed by atoms with Crippen LogP contribution in [-0.4, -0.2) is 40.2 Å². The molecular formula is C27H26FN5O. The summed E-state index contributed by atoms with van der Waals surface area (Å²) in [5.41, 5.74) is 3.56. The van der Waals surface area contributed by atoms with Gasteiger partial charge in [0, 0.05) is 50.7 Å². The first-order valence-corrected chi connectivity index (χ1v) is 11.4. The van der Waals surface area contributed by atoms with Gasteiger partial charge in [-0.05, 0) is 41.8 Å². The average molecular weight is 456 g/mol. The second-order valence-electron chi connectivity index (χ2n) is 8.53. The van der Waals surface area contributed by atoms with Crippen molar-refractivity contribution in [3.63, 3.8) is 0 Å². The van der Waals surface area contributed by atoms with Crippen LogP contribution >= 0.6 is 0 Å². The summed E-state index contributed by atoms with van der Waals surface area (Å²) in [4.78, 5) is 24.9. The van der Waals surface area contributed by atoms with Crippen LogP contribution in [0, 0.1) is 5.82 Å². The highest BCUT2D eigenvalue weighted by molar-refractivity contribution is 5.80. The lowest BCUT2D eigenvalue weighted by atomic mass is 10.0. The summed E-state index contributed by atoms with van der Waals surface area (Å²) in [6.07, 6.45) is 4.27. The number of nitrogens with one attached hydrogen (secondary N) is 1. The first kappa shape index (κ1) is 22.0. The van der Waals surface area contributed by atoms with Gasteiger partial charge in [-0.15, -0.1) is 0 Å². The molecule has 2 aromatic carbocycles. The summed E-state index contributed by atoms with van der Waals surface area (Å²) in [6, 6.07) is 20.3. The molecule has 2 aromatic heterocycles. The van der Waals surface area contributed by atoms with Gasteiger partial charge in [-0.3, -0.25) is 14.3 Å². The first-order chi connectivity index (χ1) is 16.6. The molecule has 1 aliphatic rings. The summed E-state index contributed by atoms with van der Waals surface area (Å²) in [6.45, 7) is 2.29. The van der Waals surface area contributed by atoms with Crippen molar-refractivity contribution >= 4 is 5.95 Å². The smallest absolute Gasteiger partial charge is 0.263 e. The minimum atomic E-state index is -0.346. The first-order valence-electron chi connectivity index (χ1n) is 11.4. The molecule has 1 atom stereocenters. The van der Waals surface area contributed by atoms with Gasteiger partial charge in [0.05, 0.1) is 11.3 Å². The number of anilines is 1. The number of aromatic nitrogens is 3. The summed E-state index contributed by atoms with van der Waals surface area (Å²) in [5.74, 6) is 0.281. The average Bonchev–Trinajstić information content (AvgIpc) is 2.87. The van der Waals surface area contributed by atoms with Crippen LogP contribution in [0.5, 0.6) is 0 Å². The molecule has 4 aromatic rings. The molecule has 1 fully saturated rings. The molecule has 0 saturated carbocycles. The van der Waals surface area contributed by atoms with Crippen molar-refractivity contribution < 1.29 is 4.39 Å². The topological polar surface area (TPSA) is 63.1 Å². The van der Waals surface area contributed by atoms with Crippen LogP contribution < -0.4 is 15.8 Å². The summed E-state index contributed by atoms with van der Waals surface area (Å²) >= 11 is 0.